The van der Waals surface area contributed by atoms with Gasteiger partial charge in [-0.2, -0.15) is 5.10 Å². The summed E-state index contributed by atoms with van der Waals surface area (Å²) in [5, 5.41) is 41.1. The second-order valence-corrected chi connectivity index (χ2v) is 18.4. The van der Waals surface area contributed by atoms with E-state index >= 15 is 4.79 Å². The van der Waals surface area contributed by atoms with Gasteiger partial charge >= 0.3 is 11.4 Å². The van der Waals surface area contributed by atoms with Crippen molar-refractivity contribution in [2.24, 2.45) is 42.1 Å². The molecule has 19 heteroatoms. The second kappa shape index (κ2) is 15.1. The smallest absolute Gasteiger partial charge is 0.301 e. The number of carbonyl (C=O) groups is 4. The van der Waals surface area contributed by atoms with E-state index in [1.807, 2.05) is 31.2 Å². The molecule has 2 aliphatic carbocycles. The van der Waals surface area contributed by atoms with Crippen LogP contribution in [0, 0.1) is 62.2 Å². The van der Waals surface area contributed by atoms with Crippen LogP contribution in [-0.2, 0) is 26.2 Å². The number of amides is 4. The van der Waals surface area contributed by atoms with Crippen LogP contribution in [-0.4, -0.2) is 69.6 Å². The number of nitrogens with zero attached hydrogens (tertiary/aromatic N) is 7. The summed E-state index contributed by atoms with van der Waals surface area (Å²) < 4.78 is 7.82. The summed E-state index contributed by atoms with van der Waals surface area (Å²) in [5.74, 6) is -6.55. The first-order valence-electron chi connectivity index (χ1n) is 20.3. The highest BCUT2D eigenvalue weighted by Crippen LogP contribution is 2.61. The molecule has 4 aliphatic rings. The highest BCUT2D eigenvalue weighted by molar-refractivity contribution is 7.22. The van der Waals surface area contributed by atoms with Crippen molar-refractivity contribution in [1.29, 1.82) is 0 Å². The molecule has 2 aromatic heterocycles. The number of methoxy groups -OCH3 is 1. The molecule has 0 unspecified atom stereocenters. The van der Waals surface area contributed by atoms with Gasteiger partial charge in [0, 0.05) is 55.0 Å². The van der Waals surface area contributed by atoms with E-state index in [4.69, 9.17) is 21.4 Å². The first-order valence-corrected chi connectivity index (χ1v) is 21.4. The number of nitro groups is 2. The maximum atomic E-state index is 15.2. The van der Waals surface area contributed by atoms with Crippen molar-refractivity contribution in [2.75, 3.05) is 35.9 Å². The van der Waals surface area contributed by atoms with Gasteiger partial charge in [0.1, 0.15) is 11.5 Å². The molecule has 6 atom stereocenters. The molecule has 2 saturated heterocycles. The molecule has 0 radical (unpaired) electrons. The zero-order chi connectivity index (χ0) is 45.8. The summed E-state index contributed by atoms with van der Waals surface area (Å²) >= 11 is 7.83. The third-order valence-electron chi connectivity index (χ3n) is 13.4. The number of imide groups is 2. The molecule has 3 aromatic carbocycles. The van der Waals surface area contributed by atoms with Crippen molar-refractivity contribution in [1.82, 2.24) is 9.78 Å². The van der Waals surface area contributed by atoms with Gasteiger partial charge in [-0.25, -0.2) is 9.80 Å². The number of hydrogen-bond donors (Lipinski definition) is 1. The summed E-state index contributed by atoms with van der Waals surface area (Å²) in [7, 11) is 5.89. The van der Waals surface area contributed by atoms with Gasteiger partial charge < -0.3 is 14.7 Å². The van der Waals surface area contributed by atoms with Gasteiger partial charge in [0.2, 0.25) is 23.6 Å². The number of fused-ring (bicyclic) bond motifs is 5. The van der Waals surface area contributed by atoms with Gasteiger partial charge in [0.25, 0.3) is 0 Å². The molecule has 1 saturated carbocycles. The van der Waals surface area contributed by atoms with Crippen molar-refractivity contribution in [3.05, 3.63) is 109 Å². The molecule has 2 aliphatic heterocycles. The van der Waals surface area contributed by atoms with E-state index < -0.39 is 79.9 Å². The third kappa shape index (κ3) is 6.21. The zero-order valence-electron chi connectivity index (χ0n) is 35.3. The Kier molecular flexibility index (Phi) is 10.0. The van der Waals surface area contributed by atoms with E-state index in [0.717, 1.165) is 37.6 Å². The summed E-state index contributed by atoms with van der Waals surface area (Å²) in [6, 6.07) is 14.1. The van der Waals surface area contributed by atoms with E-state index in [0.29, 0.717) is 21.9 Å². The fourth-order valence-corrected chi connectivity index (χ4v) is 11.7. The van der Waals surface area contributed by atoms with E-state index in [1.165, 1.54) is 53.1 Å². The molecule has 17 nitrogen and oxygen atoms in total. The Morgan fingerprint density at radius 2 is 1.67 bits per heavy atom. The van der Waals surface area contributed by atoms with Crippen molar-refractivity contribution >= 4 is 91.3 Å². The van der Waals surface area contributed by atoms with Crippen LogP contribution in [0.3, 0.4) is 0 Å². The molecule has 328 valence electrons. The monoisotopic (exact) mass is 905 g/mol. The number of phenolic OH excluding ortho intramolecular Hbond substituents is 1. The van der Waals surface area contributed by atoms with Crippen LogP contribution in [0.15, 0.2) is 72.3 Å². The Labute approximate surface area is 374 Å². The Morgan fingerprint density at radius 1 is 0.969 bits per heavy atom. The minimum Gasteiger partial charge on any atom is -0.504 e. The van der Waals surface area contributed by atoms with Crippen LogP contribution in [0.1, 0.15) is 30.9 Å². The number of aromatic hydroxyl groups is 1. The van der Waals surface area contributed by atoms with E-state index in [1.54, 1.807) is 44.3 Å². The number of aromatic nitrogens is 2. The normalized spacial score (nSPS) is 24.0. The molecule has 64 heavy (non-hydrogen) atoms. The van der Waals surface area contributed by atoms with Gasteiger partial charge in [0.05, 0.1) is 50.7 Å². The van der Waals surface area contributed by atoms with E-state index in [-0.39, 0.29) is 41.5 Å². The lowest BCUT2D eigenvalue weighted by atomic mass is 9.52. The largest absolute Gasteiger partial charge is 0.504 e. The average molecular weight is 906 g/mol. The second-order valence-electron chi connectivity index (χ2n) is 17.0. The topological polar surface area (TPSA) is 212 Å². The Balaban J connectivity index is 1.14. The van der Waals surface area contributed by atoms with Gasteiger partial charge in [-0.3, -0.25) is 44.1 Å². The van der Waals surface area contributed by atoms with Crippen molar-refractivity contribution in [2.45, 2.75) is 26.7 Å². The van der Waals surface area contributed by atoms with Gasteiger partial charge in [-0.05, 0) is 79.5 Å². The van der Waals surface area contributed by atoms with Gasteiger partial charge in [-0.15, -0.1) is 11.3 Å². The molecule has 5 aromatic rings. The fourth-order valence-electron chi connectivity index (χ4n) is 10.4. The molecule has 4 amide bonds. The molecule has 1 N–H and O–H groups in total. The minimum absolute atomic E-state index is 0.00948. The number of phenols is 1. The maximum Gasteiger partial charge on any atom is 0.301 e. The number of allylic oxidation sites excluding steroid dienone is 3. The van der Waals surface area contributed by atoms with Gasteiger partial charge in [0.15, 0.2) is 17.2 Å². The lowest BCUT2D eigenvalue weighted by Gasteiger charge is -2.47. The molecular formula is C45H40ClN7O10S. The Morgan fingerprint density at radius 3 is 2.33 bits per heavy atom. The Hall–Kier alpha value is -6.92. The molecule has 0 bridgehead atoms. The molecular weight excluding hydrogens is 866 g/mol. The predicted molar refractivity (Wildman–Crippen MR) is 239 cm³/mol. The van der Waals surface area contributed by atoms with E-state index in [9.17, 15) is 39.7 Å². The van der Waals surface area contributed by atoms with Crippen LogP contribution in [0.4, 0.5) is 28.6 Å². The average Bonchev–Trinajstić information content (AvgIpc) is 3.93. The molecule has 0 spiro atoms. The Bertz CT molecular complexity index is 2960. The number of rotatable bonds is 9. The number of hydrogen-bond acceptors (Lipinski definition) is 13. The first-order chi connectivity index (χ1) is 30.4. The number of anilines is 3. The summed E-state index contributed by atoms with van der Waals surface area (Å²) in [4.78, 5) is 86.2. The van der Waals surface area contributed by atoms with Crippen LogP contribution < -0.4 is 19.4 Å². The van der Waals surface area contributed by atoms with Gasteiger partial charge in [-0.1, -0.05) is 41.5 Å². The maximum absolute atomic E-state index is 15.2. The summed E-state index contributed by atoms with van der Waals surface area (Å²) in [5.41, 5.74) is -0.554. The number of thiophene rings is 1. The van der Waals surface area contributed by atoms with Crippen LogP contribution in [0.25, 0.3) is 26.7 Å². The molecule has 4 heterocycles. The lowest BCUT2D eigenvalue weighted by Crippen LogP contribution is -2.49. The van der Waals surface area contributed by atoms with Crippen LogP contribution in [0.5, 0.6) is 11.5 Å². The highest BCUT2D eigenvalue weighted by Gasteiger charge is 2.67. The van der Waals surface area contributed by atoms with Crippen LogP contribution in [0.2, 0.25) is 5.02 Å². The number of halogens is 1. The number of nitro benzene ring substituents is 2. The summed E-state index contributed by atoms with van der Waals surface area (Å²) in [6.45, 7) is 3.70. The zero-order valence-corrected chi connectivity index (χ0v) is 36.8. The quantitative estimate of drug-likeness (QED) is 0.0649. The highest BCUT2D eigenvalue weighted by atomic mass is 35.5. The lowest BCUT2D eigenvalue weighted by molar-refractivity contribution is -0.392. The molecule has 3 fully saturated rings. The minimum atomic E-state index is -1.40. The van der Waals surface area contributed by atoms with Crippen molar-refractivity contribution in [3.63, 3.8) is 0 Å². The number of benzene rings is 3. The van der Waals surface area contributed by atoms with Crippen molar-refractivity contribution < 1.29 is 38.9 Å². The van der Waals surface area contributed by atoms with Crippen LogP contribution >= 0.6 is 22.9 Å². The number of aryl methyl sites for hydroxylation is 2. The van der Waals surface area contributed by atoms with Crippen molar-refractivity contribution in [3.8, 4) is 22.1 Å². The SMILES string of the molecule is COc1cc(C=C[C@H]2C3=CC[C@@H]4C(=O)N(c5cc([N+](=O)[O-])c(N(C)C)c([N+](=O)[O-])c5)C(=O)[C@@H]4[C@@H]3C[C@H]3C(=O)N(c4cc(-c5sc6ccc(Cl)cc6c5C)nn4C)C(=O)[C@@]23C)ccc1O. The predicted octanol–water partition coefficient (Wildman–Crippen LogP) is 7.84. The molecule has 9 rings (SSSR count). The summed E-state index contributed by atoms with van der Waals surface area (Å²) in [6.07, 6.45) is 5.47. The first kappa shape index (κ1) is 42.4. The fraction of sp³-hybridized carbons (Fsp3) is 0.311. The standard InChI is InChI=1S/C45H40ClN7O10S/c1-21-27-16-23(46)9-14-36(27)64-40(21)31-20-37(49(5)47-31)51-42(56)30-19-28-25(29(45(30,2)44(51)58)12-7-22-8-13-34(54)35(15-22)63-6)10-11-26-38(28)43(57)50(41(26)55)24-17-32(52(59)60)39(48(3)4)33(18-24)53(61)62/h7-10,12-18,20,26,28-30,38,54H,11,19H2,1-6H3/t26-,28+,29-,30-,38-,45-/m0/s1. The number of ether oxygens (including phenoxy) is 1. The third-order valence-corrected chi connectivity index (χ3v) is 14.9. The number of carbonyl (C=O) groups excluding carboxylic acids is 4. The van der Waals surface area contributed by atoms with E-state index in [2.05, 4.69) is 0 Å².